The molecule has 3 aromatic rings. The number of amides is 2. The highest BCUT2D eigenvalue weighted by atomic mass is 16.2. The van der Waals surface area contributed by atoms with Crippen LogP contribution in [-0.4, -0.2) is 17.9 Å². The Kier molecular flexibility index (Phi) is 5.71. The van der Waals surface area contributed by atoms with Crippen molar-refractivity contribution in [2.24, 2.45) is 0 Å². The Bertz CT molecular complexity index is 1000. The van der Waals surface area contributed by atoms with E-state index in [4.69, 9.17) is 0 Å². The summed E-state index contributed by atoms with van der Waals surface area (Å²) in [7, 11) is 0. The predicted molar refractivity (Wildman–Crippen MR) is 115 cm³/mol. The lowest BCUT2D eigenvalue weighted by Gasteiger charge is -2.19. The smallest absolute Gasteiger partial charge is 0.251 e. The van der Waals surface area contributed by atoms with E-state index < -0.39 is 6.04 Å². The van der Waals surface area contributed by atoms with Crippen LogP contribution in [0.1, 0.15) is 33.5 Å². The fourth-order valence-electron chi connectivity index (χ4n) is 3.77. The Hall–Kier alpha value is -3.40. The Balaban J connectivity index is 1.52. The van der Waals surface area contributed by atoms with Gasteiger partial charge in [-0.25, -0.2) is 0 Å². The van der Waals surface area contributed by atoms with Crippen molar-refractivity contribution in [3.63, 3.8) is 0 Å². The van der Waals surface area contributed by atoms with Crippen LogP contribution < -0.4 is 10.6 Å². The van der Waals surface area contributed by atoms with E-state index in [9.17, 15) is 9.59 Å². The van der Waals surface area contributed by atoms with E-state index in [0.717, 1.165) is 30.5 Å². The summed E-state index contributed by atoms with van der Waals surface area (Å²) in [5, 5.41) is 5.90. The summed E-state index contributed by atoms with van der Waals surface area (Å²) >= 11 is 0. The number of fused-ring (bicyclic) bond motifs is 1. The zero-order valence-corrected chi connectivity index (χ0v) is 16.2. The minimum absolute atomic E-state index is 0.212. The molecule has 1 aliphatic carbocycles. The maximum Gasteiger partial charge on any atom is 0.251 e. The maximum absolute atomic E-state index is 13.1. The first-order valence-electron chi connectivity index (χ1n) is 10.0. The topological polar surface area (TPSA) is 58.2 Å². The lowest BCUT2D eigenvalue weighted by atomic mass is 10.0. The molecule has 1 unspecified atom stereocenters. The molecule has 29 heavy (non-hydrogen) atoms. The average Bonchev–Trinajstić information content (AvgIpc) is 3.22. The Morgan fingerprint density at radius 1 is 0.828 bits per heavy atom. The first kappa shape index (κ1) is 18.9. The number of hydrogen-bond acceptors (Lipinski definition) is 2. The Labute approximate surface area is 171 Å². The zero-order valence-electron chi connectivity index (χ0n) is 16.2. The number of rotatable bonds is 6. The van der Waals surface area contributed by atoms with Crippen molar-refractivity contribution < 1.29 is 9.59 Å². The van der Waals surface area contributed by atoms with Crippen molar-refractivity contribution in [2.75, 3.05) is 5.32 Å². The molecule has 0 bridgehead atoms. The molecule has 2 amide bonds. The molecule has 0 fully saturated rings. The van der Waals surface area contributed by atoms with E-state index >= 15 is 0 Å². The van der Waals surface area contributed by atoms with Crippen LogP contribution in [0.4, 0.5) is 5.69 Å². The summed E-state index contributed by atoms with van der Waals surface area (Å²) in [5.74, 6) is -0.466. The van der Waals surface area contributed by atoms with Gasteiger partial charge in [0.25, 0.3) is 5.91 Å². The molecule has 4 heteroatoms. The molecule has 3 aromatic carbocycles. The van der Waals surface area contributed by atoms with Gasteiger partial charge in [0.05, 0.1) is 0 Å². The molecule has 4 nitrogen and oxygen atoms in total. The molecule has 0 spiro atoms. The summed E-state index contributed by atoms with van der Waals surface area (Å²) < 4.78 is 0. The van der Waals surface area contributed by atoms with Gasteiger partial charge < -0.3 is 10.6 Å². The molecule has 0 heterocycles. The number of anilines is 1. The van der Waals surface area contributed by atoms with Gasteiger partial charge in [0.2, 0.25) is 5.91 Å². The van der Waals surface area contributed by atoms with Gasteiger partial charge in [-0.15, -0.1) is 0 Å². The van der Waals surface area contributed by atoms with Gasteiger partial charge in [-0.2, -0.15) is 0 Å². The molecule has 4 rings (SSSR count). The van der Waals surface area contributed by atoms with Gasteiger partial charge in [0.15, 0.2) is 0 Å². The first-order chi connectivity index (χ1) is 14.2. The summed E-state index contributed by atoms with van der Waals surface area (Å²) in [6, 6.07) is 24.1. The third-order valence-electron chi connectivity index (χ3n) is 5.31. The van der Waals surface area contributed by atoms with E-state index in [1.165, 1.54) is 11.1 Å². The van der Waals surface area contributed by atoms with Crippen molar-refractivity contribution in [3.8, 4) is 0 Å². The first-order valence-corrected chi connectivity index (χ1v) is 10.0. The molecule has 2 N–H and O–H groups in total. The second-order valence-corrected chi connectivity index (χ2v) is 7.41. The summed E-state index contributed by atoms with van der Waals surface area (Å²) in [5.41, 5.74) is 4.98. The maximum atomic E-state index is 13.1. The van der Waals surface area contributed by atoms with E-state index in [2.05, 4.69) is 22.8 Å². The number of carbonyl (C=O) groups excluding carboxylic acids is 2. The number of benzene rings is 3. The van der Waals surface area contributed by atoms with Crippen LogP contribution in [-0.2, 0) is 24.1 Å². The van der Waals surface area contributed by atoms with Crippen LogP contribution in [0.25, 0.3) is 0 Å². The highest BCUT2D eigenvalue weighted by Gasteiger charge is 2.22. The van der Waals surface area contributed by atoms with Crippen molar-refractivity contribution in [1.82, 2.24) is 5.32 Å². The number of carbonyl (C=O) groups is 2. The normalized spacial score (nSPS) is 13.4. The van der Waals surface area contributed by atoms with Crippen molar-refractivity contribution >= 4 is 17.5 Å². The lowest BCUT2D eigenvalue weighted by molar-refractivity contribution is -0.118. The van der Waals surface area contributed by atoms with Crippen LogP contribution in [0.5, 0.6) is 0 Å². The average molecular weight is 384 g/mol. The van der Waals surface area contributed by atoms with Crippen molar-refractivity contribution in [3.05, 3.63) is 101 Å². The molecular weight excluding hydrogens is 360 g/mol. The van der Waals surface area contributed by atoms with Gasteiger partial charge in [-0.3, -0.25) is 9.59 Å². The second-order valence-electron chi connectivity index (χ2n) is 7.41. The number of aryl methyl sites for hydroxylation is 2. The standard InChI is InChI=1S/C25H24N2O2/c28-24(20-10-5-2-6-11-20)27-23(16-18-8-3-1-4-9-18)25(29)26-22-15-14-19-12-7-13-21(19)17-22/h1-6,8-11,14-15,17,23H,7,12-13,16H2,(H,26,29)(H,27,28). The fraction of sp³-hybridized carbons (Fsp3) is 0.200. The van der Waals surface area contributed by atoms with Crippen LogP contribution >= 0.6 is 0 Å². The number of hydrogen-bond donors (Lipinski definition) is 2. The summed E-state index contributed by atoms with van der Waals surface area (Å²) in [6.07, 6.45) is 3.75. The second kappa shape index (κ2) is 8.74. The zero-order chi connectivity index (χ0) is 20.1. The largest absolute Gasteiger partial charge is 0.340 e. The Morgan fingerprint density at radius 2 is 1.52 bits per heavy atom. The van der Waals surface area contributed by atoms with Gasteiger partial charge in [-0.1, -0.05) is 54.6 Å². The fourth-order valence-corrected chi connectivity index (χ4v) is 3.77. The van der Waals surface area contributed by atoms with E-state index in [1.807, 2.05) is 54.6 Å². The van der Waals surface area contributed by atoms with Gasteiger partial charge in [0, 0.05) is 17.7 Å². The molecule has 146 valence electrons. The molecular formula is C25H24N2O2. The third kappa shape index (κ3) is 4.72. The molecule has 0 aromatic heterocycles. The molecule has 0 aliphatic heterocycles. The minimum atomic E-state index is -0.668. The van der Waals surface area contributed by atoms with E-state index in [1.54, 1.807) is 12.1 Å². The van der Waals surface area contributed by atoms with Gasteiger partial charge >= 0.3 is 0 Å². The van der Waals surface area contributed by atoms with Crippen LogP contribution in [0, 0.1) is 0 Å². The molecule has 1 atom stereocenters. The van der Waals surface area contributed by atoms with Crippen molar-refractivity contribution in [1.29, 1.82) is 0 Å². The quantitative estimate of drug-likeness (QED) is 0.671. The minimum Gasteiger partial charge on any atom is -0.340 e. The predicted octanol–water partition coefficient (Wildman–Crippen LogP) is 4.16. The molecule has 1 aliphatic rings. The molecule has 0 radical (unpaired) electrons. The Morgan fingerprint density at radius 3 is 2.28 bits per heavy atom. The van der Waals surface area contributed by atoms with Crippen molar-refractivity contribution in [2.45, 2.75) is 31.7 Å². The molecule has 0 saturated carbocycles. The van der Waals surface area contributed by atoms with Gasteiger partial charge in [-0.05, 0) is 60.2 Å². The number of nitrogens with one attached hydrogen (secondary N) is 2. The SMILES string of the molecule is O=C(NC(Cc1ccccc1)C(=O)Nc1ccc2c(c1)CCC2)c1ccccc1. The highest BCUT2D eigenvalue weighted by molar-refractivity contribution is 6.01. The molecule has 0 saturated heterocycles. The summed E-state index contributed by atoms with van der Waals surface area (Å²) in [6.45, 7) is 0. The monoisotopic (exact) mass is 384 g/mol. The van der Waals surface area contributed by atoms with Gasteiger partial charge in [0.1, 0.15) is 6.04 Å². The highest BCUT2D eigenvalue weighted by Crippen LogP contribution is 2.25. The lowest BCUT2D eigenvalue weighted by Crippen LogP contribution is -2.45. The van der Waals surface area contributed by atoms with E-state index in [0.29, 0.717) is 12.0 Å². The van der Waals surface area contributed by atoms with Crippen LogP contribution in [0.15, 0.2) is 78.9 Å². The van der Waals surface area contributed by atoms with Crippen LogP contribution in [0.3, 0.4) is 0 Å². The van der Waals surface area contributed by atoms with E-state index in [-0.39, 0.29) is 11.8 Å². The van der Waals surface area contributed by atoms with Crippen LogP contribution in [0.2, 0.25) is 0 Å². The third-order valence-corrected chi connectivity index (χ3v) is 5.31. The summed E-state index contributed by atoms with van der Waals surface area (Å²) in [4.78, 5) is 25.7.